The van der Waals surface area contributed by atoms with E-state index >= 15 is 0 Å². The second-order valence-electron chi connectivity index (χ2n) is 6.93. The molecule has 0 aliphatic rings. The molecule has 3 aromatic rings. The molecule has 0 unspecified atom stereocenters. The number of rotatable bonds is 7. The van der Waals surface area contributed by atoms with Crippen LogP contribution in [-0.2, 0) is 11.8 Å². The summed E-state index contributed by atoms with van der Waals surface area (Å²) in [5.41, 5.74) is 2.25. The molecule has 1 aromatic heterocycles. The SMILES string of the molecule is Cc1cccc(C(=O)N[C@H](C)c2nnc(SCC(=O)Nc3ccc(Cl)c(Br)c3)n2C)c1. The molecule has 0 radical (unpaired) electrons. The number of aromatic nitrogens is 3. The van der Waals surface area contributed by atoms with Crippen LogP contribution in [0.2, 0.25) is 5.02 Å². The predicted octanol–water partition coefficient (Wildman–Crippen LogP) is 4.76. The molecule has 2 aromatic carbocycles. The first-order valence-electron chi connectivity index (χ1n) is 9.39. The minimum absolute atomic E-state index is 0.163. The van der Waals surface area contributed by atoms with Gasteiger partial charge in [0, 0.05) is 22.8 Å². The molecule has 0 saturated heterocycles. The molecular weight excluding hydrogens is 502 g/mol. The fourth-order valence-electron chi connectivity index (χ4n) is 2.86. The van der Waals surface area contributed by atoms with E-state index in [9.17, 15) is 9.59 Å². The summed E-state index contributed by atoms with van der Waals surface area (Å²) in [6.07, 6.45) is 0. The molecule has 3 rings (SSSR count). The number of carbonyl (C=O) groups excluding carboxylic acids is 2. The Morgan fingerprint density at radius 2 is 2.00 bits per heavy atom. The van der Waals surface area contributed by atoms with Gasteiger partial charge in [0.25, 0.3) is 5.91 Å². The highest BCUT2D eigenvalue weighted by Crippen LogP contribution is 2.26. The van der Waals surface area contributed by atoms with Gasteiger partial charge in [-0.15, -0.1) is 10.2 Å². The van der Waals surface area contributed by atoms with E-state index in [0.29, 0.717) is 31.7 Å². The van der Waals surface area contributed by atoms with Gasteiger partial charge in [-0.2, -0.15) is 0 Å². The van der Waals surface area contributed by atoms with Crippen molar-refractivity contribution in [2.24, 2.45) is 7.05 Å². The number of hydrogen-bond acceptors (Lipinski definition) is 5. The highest BCUT2D eigenvalue weighted by atomic mass is 79.9. The van der Waals surface area contributed by atoms with E-state index < -0.39 is 0 Å². The number of benzene rings is 2. The van der Waals surface area contributed by atoms with E-state index in [1.807, 2.05) is 32.0 Å². The summed E-state index contributed by atoms with van der Waals surface area (Å²) in [6, 6.07) is 12.2. The van der Waals surface area contributed by atoms with Crippen LogP contribution in [0.3, 0.4) is 0 Å². The molecule has 10 heteroatoms. The molecule has 0 aliphatic carbocycles. The molecule has 162 valence electrons. The lowest BCUT2D eigenvalue weighted by atomic mass is 10.1. The second-order valence-corrected chi connectivity index (χ2v) is 9.13. The fraction of sp³-hybridized carbons (Fsp3) is 0.238. The van der Waals surface area contributed by atoms with Gasteiger partial charge in [0.2, 0.25) is 5.91 Å². The minimum Gasteiger partial charge on any atom is -0.342 e. The molecule has 0 saturated carbocycles. The van der Waals surface area contributed by atoms with Crippen molar-refractivity contribution in [3.63, 3.8) is 0 Å². The van der Waals surface area contributed by atoms with Crippen LogP contribution in [0, 0.1) is 6.92 Å². The van der Waals surface area contributed by atoms with Crippen molar-refractivity contribution in [1.82, 2.24) is 20.1 Å². The molecule has 31 heavy (non-hydrogen) atoms. The zero-order chi connectivity index (χ0) is 22.5. The Morgan fingerprint density at radius 3 is 2.71 bits per heavy atom. The third-order valence-electron chi connectivity index (χ3n) is 4.42. The Balaban J connectivity index is 1.58. The molecule has 7 nitrogen and oxygen atoms in total. The molecule has 0 fully saturated rings. The van der Waals surface area contributed by atoms with Crippen molar-refractivity contribution in [2.45, 2.75) is 25.0 Å². The summed E-state index contributed by atoms with van der Waals surface area (Å²) >= 11 is 10.6. The van der Waals surface area contributed by atoms with Crippen LogP contribution in [0.4, 0.5) is 5.69 Å². The van der Waals surface area contributed by atoms with Crippen LogP contribution in [0.25, 0.3) is 0 Å². The first kappa shape index (κ1) is 23.3. The molecule has 0 spiro atoms. The fourth-order valence-corrected chi connectivity index (χ4v) is 4.08. The molecule has 0 aliphatic heterocycles. The van der Waals surface area contributed by atoms with Gasteiger partial charge >= 0.3 is 0 Å². The zero-order valence-corrected chi connectivity index (χ0v) is 20.3. The highest BCUT2D eigenvalue weighted by molar-refractivity contribution is 9.10. The van der Waals surface area contributed by atoms with E-state index in [4.69, 9.17) is 11.6 Å². The first-order valence-corrected chi connectivity index (χ1v) is 11.5. The van der Waals surface area contributed by atoms with E-state index in [1.165, 1.54) is 11.8 Å². The number of aryl methyl sites for hydroxylation is 1. The number of carbonyl (C=O) groups is 2. The lowest BCUT2D eigenvalue weighted by Crippen LogP contribution is -2.28. The molecule has 2 N–H and O–H groups in total. The number of hydrogen-bond donors (Lipinski definition) is 2. The van der Waals surface area contributed by atoms with Crippen LogP contribution >= 0.6 is 39.3 Å². The van der Waals surface area contributed by atoms with Gasteiger partial charge in [0.15, 0.2) is 11.0 Å². The molecule has 0 bridgehead atoms. The van der Waals surface area contributed by atoms with Crippen molar-refractivity contribution in [1.29, 1.82) is 0 Å². The summed E-state index contributed by atoms with van der Waals surface area (Å²) in [5, 5.41) is 15.2. The number of nitrogens with one attached hydrogen (secondary N) is 2. The van der Waals surface area contributed by atoms with E-state index in [0.717, 1.165) is 5.56 Å². The predicted molar refractivity (Wildman–Crippen MR) is 127 cm³/mol. The Morgan fingerprint density at radius 1 is 1.23 bits per heavy atom. The Labute approximate surface area is 198 Å². The van der Waals surface area contributed by atoms with Crippen molar-refractivity contribution in [3.8, 4) is 0 Å². The second kappa shape index (κ2) is 10.3. The van der Waals surface area contributed by atoms with Crippen molar-refractivity contribution in [3.05, 3.63) is 68.9 Å². The van der Waals surface area contributed by atoms with Crippen molar-refractivity contribution >= 4 is 56.8 Å². The van der Waals surface area contributed by atoms with Crippen LogP contribution in [-0.4, -0.2) is 32.3 Å². The molecular formula is C21H21BrClN5O2S. The van der Waals surface area contributed by atoms with Crippen LogP contribution in [0.15, 0.2) is 52.1 Å². The summed E-state index contributed by atoms with van der Waals surface area (Å²) in [7, 11) is 1.81. The number of nitrogens with zero attached hydrogens (tertiary/aromatic N) is 3. The minimum atomic E-state index is -0.347. The highest BCUT2D eigenvalue weighted by Gasteiger charge is 2.19. The first-order chi connectivity index (χ1) is 14.7. The van der Waals surface area contributed by atoms with Gasteiger partial charge in [0.1, 0.15) is 0 Å². The van der Waals surface area contributed by atoms with Crippen LogP contribution < -0.4 is 10.6 Å². The van der Waals surface area contributed by atoms with Gasteiger partial charge in [0.05, 0.1) is 16.8 Å². The van der Waals surface area contributed by atoms with Crippen LogP contribution in [0.1, 0.15) is 34.7 Å². The van der Waals surface area contributed by atoms with E-state index in [-0.39, 0.29) is 23.6 Å². The summed E-state index contributed by atoms with van der Waals surface area (Å²) in [4.78, 5) is 24.8. The Kier molecular flexibility index (Phi) is 7.74. The third-order valence-corrected chi connectivity index (χ3v) is 6.65. The monoisotopic (exact) mass is 521 g/mol. The van der Waals surface area contributed by atoms with E-state index in [1.54, 1.807) is 35.9 Å². The van der Waals surface area contributed by atoms with Crippen molar-refractivity contribution in [2.75, 3.05) is 11.1 Å². The maximum Gasteiger partial charge on any atom is 0.251 e. The summed E-state index contributed by atoms with van der Waals surface area (Å²) in [5.74, 6) is 0.410. The smallest absolute Gasteiger partial charge is 0.251 e. The lowest BCUT2D eigenvalue weighted by molar-refractivity contribution is -0.113. The zero-order valence-electron chi connectivity index (χ0n) is 17.1. The Bertz CT molecular complexity index is 1120. The van der Waals surface area contributed by atoms with E-state index in [2.05, 4.69) is 36.8 Å². The Hall–Kier alpha value is -2.36. The number of thioether (sulfide) groups is 1. The maximum atomic E-state index is 12.5. The molecule has 2 amide bonds. The van der Waals surface area contributed by atoms with Crippen molar-refractivity contribution < 1.29 is 9.59 Å². The topological polar surface area (TPSA) is 88.9 Å². The third kappa shape index (κ3) is 6.09. The summed E-state index contributed by atoms with van der Waals surface area (Å²) < 4.78 is 2.48. The quantitative estimate of drug-likeness (QED) is 0.437. The number of halogens is 2. The van der Waals surface area contributed by atoms with Gasteiger partial charge in [-0.3, -0.25) is 9.59 Å². The normalized spacial score (nSPS) is 11.8. The molecule has 1 atom stereocenters. The summed E-state index contributed by atoms with van der Waals surface area (Å²) in [6.45, 7) is 3.78. The van der Waals surface area contributed by atoms with Gasteiger partial charge in [-0.25, -0.2) is 0 Å². The largest absolute Gasteiger partial charge is 0.342 e. The molecule has 1 heterocycles. The standard InChI is InChI=1S/C21H21BrClN5O2S/c1-12-5-4-6-14(9-12)20(30)24-13(2)19-26-27-21(28(19)3)31-11-18(29)25-15-7-8-17(23)16(22)10-15/h4-10,13H,11H2,1-3H3,(H,24,30)(H,25,29)/t13-/m1/s1. The number of anilines is 1. The van der Waals surface area contributed by atoms with Gasteiger partial charge in [-0.05, 0) is 60.1 Å². The maximum absolute atomic E-state index is 12.5. The van der Waals surface area contributed by atoms with Gasteiger partial charge in [-0.1, -0.05) is 41.1 Å². The average molecular weight is 523 g/mol. The number of amides is 2. The van der Waals surface area contributed by atoms with Crippen LogP contribution in [0.5, 0.6) is 0 Å². The lowest BCUT2D eigenvalue weighted by Gasteiger charge is -2.14. The average Bonchev–Trinajstić information content (AvgIpc) is 3.09. The van der Waals surface area contributed by atoms with Gasteiger partial charge < -0.3 is 15.2 Å².